The number of ketones is 2. The Morgan fingerprint density at radius 2 is 1.18 bits per heavy atom. The minimum Gasteiger partial charge on any atom is -0.478 e. The van der Waals surface area contributed by atoms with Crippen LogP contribution in [0.3, 0.4) is 0 Å². The van der Waals surface area contributed by atoms with Gasteiger partial charge in [0.1, 0.15) is 0 Å². The lowest BCUT2D eigenvalue weighted by atomic mass is 10.2. The van der Waals surface area contributed by atoms with Crippen LogP contribution in [0.1, 0.15) is 60.2 Å². The molecule has 0 saturated carbocycles. The van der Waals surface area contributed by atoms with Gasteiger partial charge in [-0.25, -0.2) is 4.79 Å². The minimum atomic E-state index is -1.02. The Balaban J connectivity index is 0.000000258. The van der Waals surface area contributed by atoms with Crippen LogP contribution in [0.5, 0.6) is 0 Å². The van der Waals surface area contributed by atoms with E-state index in [9.17, 15) is 19.2 Å². The van der Waals surface area contributed by atoms with E-state index in [2.05, 4.69) is 21.7 Å². The van der Waals surface area contributed by atoms with Gasteiger partial charge in [-0.3, -0.25) is 14.4 Å². The van der Waals surface area contributed by atoms with Crippen molar-refractivity contribution in [2.45, 2.75) is 39.5 Å². The van der Waals surface area contributed by atoms with E-state index in [1.807, 2.05) is 6.92 Å². The largest absolute Gasteiger partial charge is 0.478 e. The van der Waals surface area contributed by atoms with Gasteiger partial charge in [0.2, 0.25) is 0 Å². The number of Topliss-reactive ketones (excluding diaryl/α,β-unsaturated/α-hetero) is 2. The molecule has 2 aromatic carbocycles. The summed E-state index contributed by atoms with van der Waals surface area (Å²) in [6.45, 7) is 3.58. The average Bonchev–Trinajstić information content (AvgIpc) is 3.42. The summed E-state index contributed by atoms with van der Waals surface area (Å²) in [6, 6.07) is 9.52. The van der Waals surface area contributed by atoms with E-state index in [0.717, 1.165) is 17.0 Å². The van der Waals surface area contributed by atoms with Crippen LogP contribution in [0.2, 0.25) is 10.0 Å². The maximum Gasteiger partial charge on any atom is 0.335 e. The van der Waals surface area contributed by atoms with Crippen molar-refractivity contribution in [1.29, 1.82) is 0 Å². The van der Waals surface area contributed by atoms with Gasteiger partial charge in [-0.15, -0.1) is 0 Å². The number of rotatable bonds is 6. The quantitative estimate of drug-likeness (QED) is 0.307. The molecule has 0 fully saturated rings. The maximum atomic E-state index is 11.5. The molecular formula is C28H32Cl2N4O5. The molecular weight excluding hydrogens is 543 g/mol. The first-order valence-electron chi connectivity index (χ1n) is 12.1. The molecule has 0 heterocycles. The zero-order valence-corrected chi connectivity index (χ0v) is 23.7. The zero-order chi connectivity index (χ0) is 29.3. The molecule has 4 rings (SSSR count). The minimum absolute atomic E-state index is 0.135. The number of hydrogen-bond donors (Lipinski definition) is 5. The van der Waals surface area contributed by atoms with Crippen molar-refractivity contribution in [3.63, 3.8) is 0 Å². The highest BCUT2D eigenvalue weighted by atomic mass is 35.5. The summed E-state index contributed by atoms with van der Waals surface area (Å²) in [5, 5.41) is 18.4. The zero-order valence-electron chi connectivity index (χ0n) is 22.2. The van der Waals surface area contributed by atoms with Crippen molar-refractivity contribution in [3.8, 4) is 0 Å². The predicted octanol–water partition coefficient (Wildman–Crippen LogP) is 5.41. The van der Waals surface area contributed by atoms with Gasteiger partial charge in [-0.1, -0.05) is 23.2 Å². The maximum absolute atomic E-state index is 11.5. The first-order valence-corrected chi connectivity index (χ1v) is 12.9. The third-order valence-electron chi connectivity index (χ3n) is 6.19. The lowest BCUT2D eigenvalue weighted by Crippen LogP contribution is -2.17. The number of benzene rings is 2. The van der Waals surface area contributed by atoms with Gasteiger partial charge >= 0.3 is 5.97 Å². The number of aromatic carboxylic acids is 1. The highest BCUT2D eigenvalue weighted by molar-refractivity contribution is 6.34. The Hall–Kier alpha value is -3.66. The Bertz CT molecular complexity index is 1350. The molecule has 208 valence electrons. The third kappa shape index (κ3) is 8.16. The molecule has 1 amide bonds. The number of carboxylic acids is 1. The van der Waals surface area contributed by atoms with E-state index < -0.39 is 5.97 Å². The van der Waals surface area contributed by atoms with Crippen molar-refractivity contribution in [2.24, 2.45) is 5.73 Å². The van der Waals surface area contributed by atoms with Gasteiger partial charge in [0.05, 0.1) is 27.0 Å². The number of hydrogen-bond acceptors (Lipinski definition) is 7. The van der Waals surface area contributed by atoms with Crippen molar-refractivity contribution in [3.05, 3.63) is 80.1 Å². The van der Waals surface area contributed by atoms with Crippen molar-refractivity contribution in [1.82, 2.24) is 5.32 Å². The van der Waals surface area contributed by atoms with Crippen LogP contribution in [0, 0.1) is 0 Å². The van der Waals surface area contributed by atoms with Gasteiger partial charge in [-0.2, -0.15) is 0 Å². The molecule has 39 heavy (non-hydrogen) atoms. The third-order valence-corrected chi connectivity index (χ3v) is 6.82. The van der Waals surface area contributed by atoms with Gasteiger partial charge in [0.25, 0.3) is 5.91 Å². The predicted molar refractivity (Wildman–Crippen MR) is 154 cm³/mol. The molecule has 0 radical (unpaired) electrons. The van der Waals surface area contributed by atoms with Crippen LogP contribution in [0.25, 0.3) is 0 Å². The van der Waals surface area contributed by atoms with Gasteiger partial charge in [0.15, 0.2) is 11.6 Å². The number of nitrogens with one attached hydrogen (secondary N) is 3. The Labute approximate surface area is 237 Å². The second-order valence-corrected chi connectivity index (χ2v) is 9.39. The van der Waals surface area contributed by atoms with E-state index >= 15 is 0 Å². The Morgan fingerprint density at radius 1 is 0.769 bits per heavy atom. The van der Waals surface area contributed by atoms with Crippen LogP contribution in [-0.4, -0.2) is 42.6 Å². The van der Waals surface area contributed by atoms with E-state index in [4.69, 9.17) is 28.3 Å². The number of carboxylic acid groups (broad SMARTS) is 1. The fourth-order valence-corrected chi connectivity index (χ4v) is 4.31. The highest BCUT2D eigenvalue weighted by Crippen LogP contribution is 2.30. The molecule has 0 unspecified atom stereocenters. The molecule has 0 atom stereocenters. The standard InChI is InChI=1S/C14H15ClN2O2.C13H12ClNO3.CH5N/c1-8-11(5-6-13(8)18)17-12-4-3-9(7-10(12)15)14(19)16-2;1-7-10(4-5-12(7)16)15-11-3-2-8(13(17)18)6-9(11)14;1-2/h3-4,7,17H,5-6H2,1-2H3,(H,16,19);2-3,6,15H,4-5H2,1H3,(H,17,18);2H2,1H3. The first kappa shape index (κ1) is 31.6. The van der Waals surface area contributed by atoms with Crippen molar-refractivity contribution >= 4 is 58.0 Å². The highest BCUT2D eigenvalue weighted by Gasteiger charge is 2.21. The smallest absolute Gasteiger partial charge is 0.335 e. The molecule has 0 bridgehead atoms. The molecule has 0 spiro atoms. The summed E-state index contributed by atoms with van der Waals surface area (Å²) in [5.74, 6) is -0.897. The molecule has 9 nitrogen and oxygen atoms in total. The average molecular weight is 575 g/mol. The van der Waals surface area contributed by atoms with Gasteiger partial charge in [0, 0.05) is 48.0 Å². The van der Waals surface area contributed by atoms with Gasteiger partial charge in [-0.05, 0) is 70.1 Å². The van der Waals surface area contributed by atoms with Crippen molar-refractivity contribution < 1.29 is 24.3 Å². The molecule has 0 aromatic heterocycles. The lowest BCUT2D eigenvalue weighted by molar-refractivity contribution is -0.115. The number of amides is 1. The topological polar surface area (TPSA) is 151 Å². The number of anilines is 2. The molecule has 0 aliphatic heterocycles. The van der Waals surface area contributed by atoms with Crippen LogP contribution in [0.15, 0.2) is 58.9 Å². The second-order valence-electron chi connectivity index (χ2n) is 8.58. The number of carbonyl (C=O) groups is 4. The molecule has 6 N–H and O–H groups in total. The fraction of sp³-hybridized carbons (Fsp3) is 0.286. The summed E-state index contributed by atoms with van der Waals surface area (Å²) >= 11 is 12.1. The van der Waals surface area contributed by atoms with E-state index in [1.54, 1.807) is 38.2 Å². The summed E-state index contributed by atoms with van der Waals surface area (Å²) in [6.07, 6.45) is 2.43. The van der Waals surface area contributed by atoms with Crippen LogP contribution in [0.4, 0.5) is 11.4 Å². The molecule has 11 heteroatoms. The summed E-state index contributed by atoms with van der Waals surface area (Å²) in [5.41, 5.74) is 9.69. The van der Waals surface area contributed by atoms with Gasteiger partial charge < -0.3 is 26.8 Å². The number of halogens is 2. The monoisotopic (exact) mass is 574 g/mol. The van der Waals surface area contributed by atoms with Crippen LogP contribution in [-0.2, 0) is 9.59 Å². The van der Waals surface area contributed by atoms with Crippen molar-refractivity contribution in [2.75, 3.05) is 24.7 Å². The van der Waals surface area contributed by atoms with Crippen LogP contribution >= 0.6 is 23.2 Å². The lowest BCUT2D eigenvalue weighted by Gasteiger charge is -2.11. The molecule has 2 aliphatic carbocycles. The first-order chi connectivity index (χ1) is 18.5. The number of carbonyl (C=O) groups excluding carboxylic acids is 3. The fourth-order valence-electron chi connectivity index (χ4n) is 3.85. The van der Waals surface area contributed by atoms with E-state index in [1.165, 1.54) is 19.2 Å². The molecule has 0 saturated heterocycles. The molecule has 2 aromatic rings. The normalized spacial score (nSPS) is 14.3. The Kier molecular flexibility index (Phi) is 11.7. The summed E-state index contributed by atoms with van der Waals surface area (Å²) in [7, 11) is 3.07. The second kappa shape index (κ2) is 14.5. The summed E-state index contributed by atoms with van der Waals surface area (Å²) < 4.78 is 0. The number of nitrogens with two attached hydrogens (primary N) is 1. The van der Waals surface area contributed by atoms with Crippen LogP contribution < -0.4 is 21.7 Å². The SMILES string of the molecule is CC1=C(Nc2ccc(C(=O)O)cc2Cl)CCC1=O.CN.CNC(=O)c1ccc(NC2=C(C)C(=O)CC2)c(Cl)c1. The number of allylic oxidation sites excluding steroid dienone is 4. The molecule has 2 aliphatic rings. The Morgan fingerprint density at radius 3 is 1.51 bits per heavy atom. The summed E-state index contributed by atoms with van der Waals surface area (Å²) in [4.78, 5) is 45.1. The van der Waals surface area contributed by atoms with E-state index in [0.29, 0.717) is 58.2 Å². The van der Waals surface area contributed by atoms with E-state index in [-0.39, 0.29) is 23.0 Å².